The second kappa shape index (κ2) is 4.96. The number of para-hydroxylation sites is 1. The average molecular weight is 304 g/mol. The molecule has 110 valence electrons. The van der Waals surface area contributed by atoms with Gasteiger partial charge in [0.25, 0.3) is 10.0 Å². The predicted molar refractivity (Wildman–Crippen MR) is 82.1 cm³/mol. The van der Waals surface area contributed by atoms with E-state index in [1.54, 1.807) is 6.07 Å². The normalized spacial score (nSPS) is 14.0. The fourth-order valence-electron chi connectivity index (χ4n) is 2.56. The molecule has 0 atom stereocenters. The van der Waals surface area contributed by atoms with E-state index in [4.69, 9.17) is 10.5 Å². The lowest BCUT2D eigenvalue weighted by molar-refractivity contribution is 0.416. The van der Waals surface area contributed by atoms with Crippen molar-refractivity contribution in [2.75, 3.05) is 23.7 Å². The lowest BCUT2D eigenvalue weighted by Gasteiger charge is -2.20. The first kappa shape index (κ1) is 13.8. The second-order valence-electron chi connectivity index (χ2n) is 4.86. The molecule has 21 heavy (non-hydrogen) atoms. The highest BCUT2D eigenvalue weighted by Crippen LogP contribution is 2.34. The van der Waals surface area contributed by atoms with Crippen molar-refractivity contribution >= 4 is 21.4 Å². The zero-order valence-corrected chi connectivity index (χ0v) is 12.4. The molecule has 5 nitrogen and oxygen atoms in total. The molecular weight excluding hydrogens is 288 g/mol. The van der Waals surface area contributed by atoms with Crippen LogP contribution in [0.25, 0.3) is 0 Å². The first-order chi connectivity index (χ1) is 10.0. The summed E-state index contributed by atoms with van der Waals surface area (Å²) in [6, 6.07) is 12.1. The highest BCUT2D eigenvalue weighted by molar-refractivity contribution is 7.92. The zero-order valence-electron chi connectivity index (χ0n) is 11.6. The molecule has 0 aliphatic carbocycles. The summed E-state index contributed by atoms with van der Waals surface area (Å²) in [6.07, 6.45) is 0.723. The van der Waals surface area contributed by atoms with Gasteiger partial charge in [-0.3, -0.25) is 4.31 Å². The third-order valence-corrected chi connectivity index (χ3v) is 5.44. The predicted octanol–water partition coefficient (Wildman–Crippen LogP) is 2.03. The maximum absolute atomic E-state index is 12.8. The van der Waals surface area contributed by atoms with Crippen LogP contribution >= 0.6 is 0 Å². The third-order valence-electron chi connectivity index (χ3n) is 3.63. The number of hydrogen-bond acceptors (Lipinski definition) is 4. The molecule has 0 aromatic heterocycles. The number of sulfonamides is 1. The summed E-state index contributed by atoms with van der Waals surface area (Å²) in [5.74, 6) is 0.468. The van der Waals surface area contributed by atoms with Crippen molar-refractivity contribution in [3.05, 3.63) is 48.0 Å². The van der Waals surface area contributed by atoms with Crippen LogP contribution in [0.3, 0.4) is 0 Å². The minimum absolute atomic E-state index is 0.178. The minimum Gasteiger partial charge on any atom is -0.495 e. The molecule has 0 radical (unpaired) electrons. The molecule has 1 heterocycles. The molecule has 0 bridgehead atoms. The van der Waals surface area contributed by atoms with Gasteiger partial charge in [-0.1, -0.05) is 18.2 Å². The smallest absolute Gasteiger partial charge is 0.264 e. The number of rotatable bonds is 3. The number of anilines is 2. The van der Waals surface area contributed by atoms with Gasteiger partial charge in [0.05, 0.1) is 23.4 Å². The molecule has 2 aromatic rings. The molecular formula is C15H16N2O3S. The van der Waals surface area contributed by atoms with Gasteiger partial charge in [0.2, 0.25) is 0 Å². The molecule has 6 heteroatoms. The number of benzene rings is 2. The summed E-state index contributed by atoms with van der Waals surface area (Å²) in [5, 5.41) is 0. The Labute approximate surface area is 124 Å². The van der Waals surface area contributed by atoms with E-state index >= 15 is 0 Å². The van der Waals surface area contributed by atoms with Crippen molar-refractivity contribution in [1.29, 1.82) is 0 Å². The Bertz CT molecular complexity index is 787. The fraction of sp³-hybridized carbons (Fsp3) is 0.200. The first-order valence-corrected chi connectivity index (χ1v) is 8.02. The number of nitrogens with two attached hydrogens (primary N) is 1. The number of nitrogen functional groups attached to an aromatic ring is 1. The fourth-order valence-corrected chi connectivity index (χ4v) is 4.10. The molecule has 0 spiro atoms. The second-order valence-corrected chi connectivity index (χ2v) is 6.72. The van der Waals surface area contributed by atoms with Gasteiger partial charge >= 0.3 is 0 Å². The van der Waals surface area contributed by atoms with Gasteiger partial charge in [-0.25, -0.2) is 8.42 Å². The van der Waals surface area contributed by atoms with Crippen LogP contribution in [0, 0.1) is 0 Å². The molecule has 0 amide bonds. The first-order valence-electron chi connectivity index (χ1n) is 6.58. The number of methoxy groups -OCH3 is 1. The largest absolute Gasteiger partial charge is 0.495 e. The highest BCUT2D eigenvalue weighted by atomic mass is 32.2. The Morgan fingerprint density at radius 3 is 2.67 bits per heavy atom. The Hall–Kier alpha value is -2.21. The summed E-state index contributed by atoms with van der Waals surface area (Å²) in [7, 11) is -2.11. The Balaban J connectivity index is 2.04. The highest BCUT2D eigenvalue weighted by Gasteiger charge is 2.30. The van der Waals surface area contributed by atoms with Crippen LogP contribution in [0.5, 0.6) is 5.75 Å². The molecule has 0 unspecified atom stereocenters. The van der Waals surface area contributed by atoms with Crippen molar-refractivity contribution in [3.8, 4) is 5.75 Å². The molecule has 0 saturated carbocycles. The van der Waals surface area contributed by atoms with Crippen LogP contribution in [0.15, 0.2) is 47.4 Å². The van der Waals surface area contributed by atoms with Crippen molar-refractivity contribution in [3.63, 3.8) is 0 Å². The van der Waals surface area contributed by atoms with E-state index < -0.39 is 10.0 Å². The minimum atomic E-state index is -3.60. The average Bonchev–Trinajstić information content (AvgIpc) is 2.91. The summed E-state index contributed by atoms with van der Waals surface area (Å²) >= 11 is 0. The molecule has 1 aliphatic rings. The van der Waals surface area contributed by atoms with Crippen molar-refractivity contribution in [2.45, 2.75) is 11.3 Å². The van der Waals surface area contributed by atoms with Crippen LogP contribution in [-0.4, -0.2) is 22.1 Å². The maximum atomic E-state index is 12.8. The molecule has 2 N–H and O–H groups in total. The quantitative estimate of drug-likeness (QED) is 0.881. The van der Waals surface area contributed by atoms with Gasteiger partial charge in [0.15, 0.2) is 0 Å². The summed E-state index contributed by atoms with van der Waals surface area (Å²) in [6.45, 7) is 0.452. The van der Waals surface area contributed by atoms with E-state index in [2.05, 4.69) is 0 Å². The van der Waals surface area contributed by atoms with E-state index in [0.29, 0.717) is 18.0 Å². The van der Waals surface area contributed by atoms with Gasteiger partial charge in [-0.2, -0.15) is 0 Å². The standard InChI is InChI=1S/C15H16N2O3S/c1-20-15-7-6-12(10-13(15)16)21(18,19)17-9-8-11-4-2-3-5-14(11)17/h2-7,10H,8-9,16H2,1H3. The van der Waals surface area contributed by atoms with Crippen LogP contribution in [0.1, 0.15) is 5.56 Å². The van der Waals surface area contributed by atoms with Crippen LogP contribution in [0.4, 0.5) is 11.4 Å². The monoisotopic (exact) mass is 304 g/mol. The lowest BCUT2D eigenvalue weighted by atomic mass is 10.2. The van der Waals surface area contributed by atoms with Crippen LogP contribution in [0.2, 0.25) is 0 Å². The number of nitrogens with zero attached hydrogens (tertiary/aromatic N) is 1. The van der Waals surface area contributed by atoms with Gasteiger partial charge in [0, 0.05) is 6.54 Å². The molecule has 0 saturated heterocycles. The Morgan fingerprint density at radius 1 is 1.19 bits per heavy atom. The Kier molecular flexibility index (Phi) is 3.25. The summed E-state index contributed by atoms with van der Waals surface area (Å²) < 4.78 is 32.1. The SMILES string of the molecule is COc1ccc(S(=O)(=O)N2CCc3ccccc32)cc1N. The van der Waals surface area contributed by atoms with E-state index in [0.717, 1.165) is 17.7 Å². The van der Waals surface area contributed by atoms with E-state index in [-0.39, 0.29) is 4.90 Å². The van der Waals surface area contributed by atoms with Crippen molar-refractivity contribution in [2.24, 2.45) is 0 Å². The summed E-state index contributed by atoms with van der Waals surface area (Å²) in [4.78, 5) is 0.178. The third kappa shape index (κ3) is 2.21. The molecule has 1 aliphatic heterocycles. The van der Waals surface area contributed by atoms with Gasteiger partial charge in [-0.05, 0) is 36.2 Å². The van der Waals surface area contributed by atoms with Crippen LogP contribution < -0.4 is 14.8 Å². The molecule has 3 rings (SSSR count). The van der Waals surface area contributed by atoms with Crippen molar-refractivity contribution < 1.29 is 13.2 Å². The van der Waals surface area contributed by atoms with E-state index in [1.165, 1.54) is 23.5 Å². The van der Waals surface area contributed by atoms with Gasteiger partial charge in [0.1, 0.15) is 5.75 Å². The zero-order chi connectivity index (χ0) is 15.0. The van der Waals surface area contributed by atoms with Gasteiger partial charge < -0.3 is 10.5 Å². The van der Waals surface area contributed by atoms with Crippen molar-refractivity contribution in [1.82, 2.24) is 0 Å². The topological polar surface area (TPSA) is 72.6 Å². The number of ether oxygens (including phenoxy) is 1. The number of hydrogen-bond donors (Lipinski definition) is 1. The maximum Gasteiger partial charge on any atom is 0.264 e. The molecule has 2 aromatic carbocycles. The van der Waals surface area contributed by atoms with E-state index in [9.17, 15) is 8.42 Å². The van der Waals surface area contributed by atoms with E-state index in [1.807, 2.05) is 24.3 Å². The summed E-state index contributed by atoms with van der Waals surface area (Å²) in [5.41, 5.74) is 7.91. The Morgan fingerprint density at radius 2 is 1.95 bits per heavy atom. The lowest BCUT2D eigenvalue weighted by Crippen LogP contribution is -2.29. The number of fused-ring (bicyclic) bond motifs is 1. The molecule has 0 fully saturated rings. The van der Waals surface area contributed by atoms with Gasteiger partial charge in [-0.15, -0.1) is 0 Å². The van der Waals surface area contributed by atoms with Crippen LogP contribution in [-0.2, 0) is 16.4 Å².